The van der Waals surface area contributed by atoms with Gasteiger partial charge in [-0.1, -0.05) is 13.8 Å². The Morgan fingerprint density at radius 3 is 2.93 bits per heavy atom. The molecule has 1 aromatic rings. The van der Waals surface area contributed by atoms with Crippen molar-refractivity contribution in [2.75, 3.05) is 19.8 Å². The highest BCUT2D eigenvalue weighted by molar-refractivity contribution is 7.09. The lowest BCUT2D eigenvalue weighted by Gasteiger charge is -2.14. The minimum atomic E-state index is 0.384. The van der Waals surface area contributed by atoms with Gasteiger partial charge in [0.25, 0.3) is 0 Å². The fourth-order valence-corrected chi connectivity index (χ4v) is 2.16. The van der Waals surface area contributed by atoms with Gasteiger partial charge in [-0.25, -0.2) is 4.98 Å². The lowest BCUT2D eigenvalue weighted by molar-refractivity contribution is 0.134. The zero-order chi connectivity index (χ0) is 10.9. The van der Waals surface area contributed by atoms with Crippen molar-refractivity contribution in [3.8, 4) is 0 Å². The molecule has 3 nitrogen and oxygen atoms in total. The van der Waals surface area contributed by atoms with E-state index in [1.165, 1.54) is 5.01 Å². The van der Waals surface area contributed by atoms with E-state index >= 15 is 0 Å². The van der Waals surface area contributed by atoms with E-state index in [0.717, 1.165) is 32.6 Å². The molecule has 0 aliphatic rings. The Kier molecular flexibility index (Phi) is 6.55. The monoisotopic (exact) mass is 228 g/mol. The van der Waals surface area contributed by atoms with Crippen molar-refractivity contribution in [1.82, 2.24) is 10.3 Å². The first-order valence-electron chi connectivity index (χ1n) is 5.59. The number of thiazole rings is 1. The second-order valence-electron chi connectivity index (χ2n) is 3.40. The molecule has 1 unspecified atom stereocenters. The number of aromatic nitrogens is 1. The van der Waals surface area contributed by atoms with Crippen molar-refractivity contribution >= 4 is 11.3 Å². The molecule has 0 fully saturated rings. The second-order valence-corrected chi connectivity index (χ2v) is 4.32. The average molecular weight is 228 g/mol. The molecule has 86 valence electrons. The Bertz CT molecular complexity index is 239. The zero-order valence-corrected chi connectivity index (χ0v) is 10.3. The molecule has 0 bridgehead atoms. The molecule has 15 heavy (non-hydrogen) atoms. The maximum Gasteiger partial charge on any atom is 0.109 e. The van der Waals surface area contributed by atoms with Gasteiger partial charge >= 0.3 is 0 Å². The molecule has 1 aromatic heterocycles. The smallest absolute Gasteiger partial charge is 0.109 e. The van der Waals surface area contributed by atoms with Crippen molar-refractivity contribution in [2.45, 2.75) is 32.7 Å². The van der Waals surface area contributed by atoms with Gasteiger partial charge < -0.3 is 10.1 Å². The third-order valence-corrected chi connectivity index (χ3v) is 3.03. The van der Waals surface area contributed by atoms with Crippen LogP contribution < -0.4 is 5.32 Å². The van der Waals surface area contributed by atoms with Crippen LogP contribution in [0.2, 0.25) is 0 Å². The SMILES string of the molecule is CCCOCCNC(CC)c1nccs1. The van der Waals surface area contributed by atoms with E-state index in [1.54, 1.807) is 11.3 Å². The summed E-state index contributed by atoms with van der Waals surface area (Å²) in [6, 6.07) is 0.384. The number of rotatable bonds is 8. The lowest BCUT2D eigenvalue weighted by Crippen LogP contribution is -2.24. The van der Waals surface area contributed by atoms with Crippen molar-refractivity contribution in [2.24, 2.45) is 0 Å². The summed E-state index contributed by atoms with van der Waals surface area (Å²) in [5.74, 6) is 0. The van der Waals surface area contributed by atoms with Crippen LogP contribution >= 0.6 is 11.3 Å². The summed E-state index contributed by atoms with van der Waals surface area (Å²) >= 11 is 1.71. The van der Waals surface area contributed by atoms with E-state index in [-0.39, 0.29) is 0 Å². The Labute approximate surface area is 95.9 Å². The van der Waals surface area contributed by atoms with Crippen molar-refractivity contribution in [3.63, 3.8) is 0 Å². The zero-order valence-electron chi connectivity index (χ0n) is 9.53. The van der Waals surface area contributed by atoms with Gasteiger partial charge in [0.05, 0.1) is 12.6 Å². The normalized spacial score (nSPS) is 12.9. The fourth-order valence-electron chi connectivity index (χ4n) is 1.36. The minimum absolute atomic E-state index is 0.384. The second kappa shape index (κ2) is 7.79. The predicted molar refractivity (Wildman–Crippen MR) is 64.3 cm³/mol. The molecule has 1 atom stereocenters. The molecule has 0 saturated carbocycles. The van der Waals surface area contributed by atoms with E-state index in [0.29, 0.717) is 6.04 Å². The molecule has 4 heteroatoms. The number of ether oxygens (including phenoxy) is 1. The summed E-state index contributed by atoms with van der Waals surface area (Å²) in [6.07, 6.45) is 4.02. The predicted octanol–water partition coefficient (Wildman–Crippen LogP) is 2.61. The highest BCUT2D eigenvalue weighted by Gasteiger charge is 2.09. The van der Waals surface area contributed by atoms with E-state index in [2.05, 4.69) is 24.1 Å². The standard InChI is InChI=1S/C11H20N2OS/c1-3-7-14-8-5-12-10(4-2)11-13-6-9-15-11/h6,9-10,12H,3-5,7-8H2,1-2H3. The summed E-state index contributed by atoms with van der Waals surface area (Å²) < 4.78 is 5.42. The minimum Gasteiger partial charge on any atom is -0.380 e. The van der Waals surface area contributed by atoms with Gasteiger partial charge in [-0.05, 0) is 12.8 Å². The van der Waals surface area contributed by atoms with Crippen LogP contribution in [0.25, 0.3) is 0 Å². The quantitative estimate of drug-likeness (QED) is 0.694. The third-order valence-electron chi connectivity index (χ3n) is 2.14. The van der Waals surface area contributed by atoms with E-state index in [4.69, 9.17) is 4.74 Å². The molecule has 0 radical (unpaired) electrons. The van der Waals surface area contributed by atoms with Crippen molar-refractivity contribution < 1.29 is 4.74 Å². The van der Waals surface area contributed by atoms with Crippen LogP contribution in [0.5, 0.6) is 0 Å². The summed E-state index contributed by atoms with van der Waals surface area (Å²) in [4.78, 5) is 4.32. The van der Waals surface area contributed by atoms with Gasteiger partial charge in [-0.2, -0.15) is 0 Å². The summed E-state index contributed by atoms with van der Waals surface area (Å²) in [6.45, 7) is 6.84. The van der Waals surface area contributed by atoms with Crippen LogP contribution in [-0.2, 0) is 4.74 Å². The number of hydrogen-bond acceptors (Lipinski definition) is 4. The van der Waals surface area contributed by atoms with Gasteiger partial charge in [-0.15, -0.1) is 11.3 Å². The number of nitrogens with one attached hydrogen (secondary N) is 1. The molecular formula is C11H20N2OS. The first-order chi connectivity index (χ1) is 7.38. The molecule has 0 saturated heterocycles. The van der Waals surface area contributed by atoms with E-state index < -0.39 is 0 Å². The first kappa shape index (κ1) is 12.6. The molecule has 0 aliphatic carbocycles. The van der Waals surface area contributed by atoms with Gasteiger partial charge in [-0.3, -0.25) is 0 Å². The summed E-state index contributed by atoms with van der Waals surface area (Å²) in [5, 5.41) is 6.65. The van der Waals surface area contributed by atoms with Crippen LogP contribution in [0.3, 0.4) is 0 Å². The highest BCUT2D eigenvalue weighted by Crippen LogP contribution is 2.18. The third kappa shape index (κ3) is 4.73. The molecule has 1 rings (SSSR count). The highest BCUT2D eigenvalue weighted by atomic mass is 32.1. The molecule has 1 heterocycles. The van der Waals surface area contributed by atoms with Gasteiger partial charge in [0.1, 0.15) is 5.01 Å². The van der Waals surface area contributed by atoms with E-state index in [1.807, 2.05) is 11.6 Å². The van der Waals surface area contributed by atoms with Crippen LogP contribution in [0, 0.1) is 0 Å². The van der Waals surface area contributed by atoms with Crippen LogP contribution in [-0.4, -0.2) is 24.7 Å². The maximum atomic E-state index is 5.42. The van der Waals surface area contributed by atoms with Gasteiger partial charge in [0, 0.05) is 24.7 Å². The van der Waals surface area contributed by atoms with Crippen LogP contribution in [0.1, 0.15) is 37.7 Å². The molecule has 0 aliphatic heterocycles. The van der Waals surface area contributed by atoms with Gasteiger partial charge in [0.15, 0.2) is 0 Å². The average Bonchev–Trinajstić information content (AvgIpc) is 2.77. The van der Waals surface area contributed by atoms with Crippen molar-refractivity contribution in [1.29, 1.82) is 0 Å². The number of nitrogens with zero attached hydrogens (tertiary/aromatic N) is 1. The Morgan fingerprint density at radius 1 is 1.47 bits per heavy atom. The van der Waals surface area contributed by atoms with E-state index in [9.17, 15) is 0 Å². The number of hydrogen-bond donors (Lipinski definition) is 1. The molecule has 1 N–H and O–H groups in total. The summed E-state index contributed by atoms with van der Waals surface area (Å²) in [5.41, 5.74) is 0. The molecular weight excluding hydrogens is 208 g/mol. The maximum absolute atomic E-state index is 5.42. The first-order valence-corrected chi connectivity index (χ1v) is 6.47. The summed E-state index contributed by atoms with van der Waals surface area (Å²) in [7, 11) is 0. The Balaban J connectivity index is 2.18. The fraction of sp³-hybridized carbons (Fsp3) is 0.727. The Morgan fingerprint density at radius 2 is 2.33 bits per heavy atom. The van der Waals surface area contributed by atoms with Crippen LogP contribution in [0.4, 0.5) is 0 Å². The Hall–Kier alpha value is -0.450. The lowest BCUT2D eigenvalue weighted by atomic mass is 10.2. The van der Waals surface area contributed by atoms with Crippen LogP contribution in [0.15, 0.2) is 11.6 Å². The molecule has 0 aromatic carbocycles. The largest absolute Gasteiger partial charge is 0.380 e. The van der Waals surface area contributed by atoms with Crippen molar-refractivity contribution in [3.05, 3.63) is 16.6 Å². The van der Waals surface area contributed by atoms with Gasteiger partial charge in [0.2, 0.25) is 0 Å². The molecule has 0 spiro atoms. The molecule has 0 amide bonds. The topological polar surface area (TPSA) is 34.1 Å².